The summed E-state index contributed by atoms with van der Waals surface area (Å²) in [5.74, 6) is 0.876. The molecule has 0 bridgehead atoms. The molecule has 1 unspecified atom stereocenters. The fourth-order valence-corrected chi connectivity index (χ4v) is 3.68. The molecule has 1 N–H and O–H groups in total. The molecule has 0 saturated carbocycles. The van der Waals surface area contributed by atoms with E-state index in [1.165, 1.54) is 0 Å². The maximum atomic E-state index is 11.9. The van der Waals surface area contributed by atoms with Crippen molar-refractivity contribution < 1.29 is 9.53 Å². The molecular weight excluding hydrogens is 292 g/mol. The number of carbonyl (C=O) groups is 1. The van der Waals surface area contributed by atoms with E-state index in [4.69, 9.17) is 4.74 Å². The molecule has 114 valence electrons. The summed E-state index contributed by atoms with van der Waals surface area (Å²) in [4.78, 5) is 16.3. The Kier molecular flexibility index (Phi) is 7.55. The van der Waals surface area contributed by atoms with E-state index in [-0.39, 0.29) is 5.97 Å². The minimum absolute atomic E-state index is 0.161. The van der Waals surface area contributed by atoms with Crippen LogP contribution in [0.5, 0.6) is 0 Å². The van der Waals surface area contributed by atoms with Gasteiger partial charge in [-0.25, -0.2) is 4.98 Å². The highest BCUT2D eigenvalue weighted by Gasteiger charge is 2.32. The maximum Gasteiger partial charge on any atom is 0.326 e. The van der Waals surface area contributed by atoms with Gasteiger partial charge in [0.1, 0.15) is 9.88 Å². The van der Waals surface area contributed by atoms with Crippen LogP contribution in [0, 0.1) is 6.92 Å². The summed E-state index contributed by atoms with van der Waals surface area (Å²) >= 11 is 3.48. The zero-order valence-corrected chi connectivity index (χ0v) is 14.3. The Bertz CT molecular complexity index is 423. The molecule has 1 atom stereocenters. The second kappa shape index (κ2) is 8.64. The van der Waals surface area contributed by atoms with Crippen LogP contribution in [0.4, 0.5) is 0 Å². The van der Waals surface area contributed by atoms with Crippen molar-refractivity contribution in [2.24, 2.45) is 0 Å². The second-order valence-electron chi connectivity index (χ2n) is 4.86. The number of rotatable bonds is 9. The predicted octanol–water partition coefficient (Wildman–Crippen LogP) is 3.26. The normalized spacial score (nSPS) is 14.0. The summed E-state index contributed by atoms with van der Waals surface area (Å²) in [6.07, 6.45) is 2.85. The highest BCUT2D eigenvalue weighted by Crippen LogP contribution is 2.24. The van der Waals surface area contributed by atoms with E-state index in [0.29, 0.717) is 6.61 Å². The van der Waals surface area contributed by atoms with Crippen molar-refractivity contribution in [1.29, 1.82) is 0 Å². The Hall–Kier alpha value is -0.590. The molecule has 20 heavy (non-hydrogen) atoms. The topological polar surface area (TPSA) is 51.2 Å². The SMILES string of the molecule is CCOC(=O)C(C)(CCCCSc1nc(C)cs1)NC. The highest BCUT2D eigenvalue weighted by atomic mass is 32.2. The lowest BCUT2D eigenvalue weighted by Crippen LogP contribution is -2.48. The van der Waals surface area contributed by atoms with Crippen molar-refractivity contribution in [2.75, 3.05) is 19.4 Å². The van der Waals surface area contributed by atoms with Gasteiger partial charge in [-0.1, -0.05) is 18.2 Å². The van der Waals surface area contributed by atoms with Gasteiger partial charge >= 0.3 is 5.97 Å². The number of thioether (sulfide) groups is 1. The van der Waals surface area contributed by atoms with E-state index in [1.807, 2.05) is 27.8 Å². The number of thiazole rings is 1. The van der Waals surface area contributed by atoms with Gasteiger partial charge in [-0.15, -0.1) is 11.3 Å². The quantitative estimate of drug-likeness (QED) is 0.430. The Morgan fingerprint density at radius 2 is 2.30 bits per heavy atom. The van der Waals surface area contributed by atoms with E-state index in [9.17, 15) is 4.79 Å². The summed E-state index contributed by atoms with van der Waals surface area (Å²) < 4.78 is 6.24. The smallest absolute Gasteiger partial charge is 0.326 e. The fourth-order valence-electron chi connectivity index (χ4n) is 1.76. The van der Waals surface area contributed by atoms with E-state index in [0.717, 1.165) is 35.0 Å². The molecule has 0 fully saturated rings. The molecule has 6 heteroatoms. The summed E-state index contributed by atoms with van der Waals surface area (Å²) in [5.41, 5.74) is 0.515. The van der Waals surface area contributed by atoms with Gasteiger partial charge < -0.3 is 10.1 Å². The van der Waals surface area contributed by atoms with Gasteiger partial charge in [-0.05, 0) is 40.7 Å². The van der Waals surface area contributed by atoms with Gasteiger partial charge in [-0.2, -0.15) is 0 Å². The van der Waals surface area contributed by atoms with Crippen LogP contribution in [0.15, 0.2) is 9.72 Å². The monoisotopic (exact) mass is 316 g/mol. The van der Waals surface area contributed by atoms with Gasteiger partial charge in [0.15, 0.2) is 0 Å². The molecule has 0 radical (unpaired) electrons. The van der Waals surface area contributed by atoms with Crippen molar-refractivity contribution in [3.63, 3.8) is 0 Å². The number of aryl methyl sites for hydroxylation is 1. The summed E-state index contributed by atoms with van der Waals surface area (Å²) in [6.45, 7) is 6.18. The molecule has 0 aliphatic heterocycles. The number of nitrogens with one attached hydrogen (secondary N) is 1. The number of likely N-dealkylation sites (N-methyl/N-ethyl adjacent to an activating group) is 1. The maximum absolute atomic E-state index is 11.9. The second-order valence-corrected chi connectivity index (χ2v) is 7.06. The molecule has 0 aliphatic rings. The number of ether oxygens (including phenoxy) is 1. The Morgan fingerprint density at radius 3 is 2.85 bits per heavy atom. The average Bonchev–Trinajstić information content (AvgIpc) is 2.84. The average molecular weight is 316 g/mol. The minimum atomic E-state index is -0.571. The predicted molar refractivity (Wildman–Crippen MR) is 85.5 cm³/mol. The number of aromatic nitrogens is 1. The Balaban J connectivity index is 2.26. The lowest BCUT2D eigenvalue weighted by molar-refractivity contribution is -0.150. The molecule has 0 aliphatic carbocycles. The zero-order chi connectivity index (χ0) is 15.0. The first-order valence-corrected chi connectivity index (χ1v) is 8.79. The van der Waals surface area contributed by atoms with Crippen molar-refractivity contribution >= 4 is 29.1 Å². The molecule has 0 saturated heterocycles. The molecule has 0 amide bonds. The first kappa shape index (κ1) is 17.5. The van der Waals surface area contributed by atoms with Gasteiger partial charge in [-0.3, -0.25) is 4.79 Å². The third-order valence-corrected chi connectivity index (χ3v) is 5.40. The Labute approximate surface area is 129 Å². The largest absolute Gasteiger partial charge is 0.465 e. The summed E-state index contributed by atoms with van der Waals surface area (Å²) in [5, 5.41) is 5.15. The molecular formula is C14H24N2O2S2. The van der Waals surface area contributed by atoms with Gasteiger partial charge in [0.2, 0.25) is 0 Å². The molecule has 1 aromatic heterocycles. The van der Waals surface area contributed by atoms with Crippen LogP contribution in [0.1, 0.15) is 38.8 Å². The molecule has 4 nitrogen and oxygen atoms in total. The molecule has 0 aromatic carbocycles. The number of hydrogen-bond donors (Lipinski definition) is 1. The van der Waals surface area contributed by atoms with Crippen molar-refractivity contribution in [3.8, 4) is 0 Å². The lowest BCUT2D eigenvalue weighted by Gasteiger charge is -2.26. The van der Waals surface area contributed by atoms with E-state index < -0.39 is 5.54 Å². The summed E-state index contributed by atoms with van der Waals surface area (Å²) in [6, 6.07) is 0. The number of hydrogen-bond acceptors (Lipinski definition) is 6. The highest BCUT2D eigenvalue weighted by molar-refractivity contribution is 8.00. The van der Waals surface area contributed by atoms with Crippen LogP contribution in [0.25, 0.3) is 0 Å². The number of unbranched alkanes of at least 4 members (excludes halogenated alkanes) is 1. The van der Waals surface area contributed by atoms with Crippen LogP contribution in [0.2, 0.25) is 0 Å². The number of carbonyl (C=O) groups excluding carboxylic acids is 1. The van der Waals surface area contributed by atoms with E-state index >= 15 is 0 Å². The van der Waals surface area contributed by atoms with Crippen LogP contribution >= 0.6 is 23.1 Å². The zero-order valence-electron chi connectivity index (χ0n) is 12.7. The van der Waals surface area contributed by atoms with Gasteiger partial charge in [0.05, 0.1) is 6.61 Å². The first-order valence-electron chi connectivity index (χ1n) is 6.93. The van der Waals surface area contributed by atoms with Crippen LogP contribution < -0.4 is 5.32 Å². The van der Waals surface area contributed by atoms with Crippen LogP contribution in [-0.2, 0) is 9.53 Å². The van der Waals surface area contributed by atoms with Crippen LogP contribution in [-0.4, -0.2) is 35.9 Å². The summed E-state index contributed by atoms with van der Waals surface area (Å²) in [7, 11) is 1.81. The van der Waals surface area contributed by atoms with Crippen molar-refractivity contribution in [2.45, 2.75) is 49.9 Å². The van der Waals surface area contributed by atoms with Crippen molar-refractivity contribution in [1.82, 2.24) is 10.3 Å². The fraction of sp³-hybridized carbons (Fsp3) is 0.714. The van der Waals surface area contributed by atoms with E-state index in [2.05, 4.69) is 15.7 Å². The third-order valence-electron chi connectivity index (χ3n) is 3.17. The Morgan fingerprint density at radius 1 is 1.55 bits per heavy atom. The molecule has 1 rings (SSSR count). The standard InChI is InChI=1S/C14H24N2O2S2/c1-5-18-12(17)14(3,15-4)8-6-7-9-19-13-16-11(2)10-20-13/h10,15H,5-9H2,1-4H3. The van der Waals surface area contributed by atoms with E-state index in [1.54, 1.807) is 23.1 Å². The minimum Gasteiger partial charge on any atom is -0.465 e. The lowest BCUT2D eigenvalue weighted by atomic mass is 9.95. The molecule has 1 heterocycles. The van der Waals surface area contributed by atoms with Crippen LogP contribution in [0.3, 0.4) is 0 Å². The molecule has 1 aromatic rings. The van der Waals surface area contributed by atoms with Crippen molar-refractivity contribution in [3.05, 3.63) is 11.1 Å². The van der Waals surface area contributed by atoms with Gasteiger partial charge in [0, 0.05) is 16.8 Å². The number of esters is 1. The molecule has 0 spiro atoms. The third kappa shape index (κ3) is 5.42. The number of nitrogens with zero attached hydrogens (tertiary/aromatic N) is 1. The van der Waals surface area contributed by atoms with Gasteiger partial charge in [0.25, 0.3) is 0 Å². The first-order chi connectivity index (χ1) is 9.51.